The van der Waals surface area contributed by atoms with Crippen molar-refractivity contribution in [1.29, 1.82) is 0 Å². The summed E-state index contributed by atoms with van der Waals surface area (Å²) in [6, 6.07) is 17.1. The molecule has 23 heavy (non-hydrogen) atoms. The molecule has 0 unspecified atom stereocenters. The molecule has 2 aromatic rings. The molecule has 1 amide bonds. The molecule has 0 aromatic heterocycles. The van der Waals surface area contributed by atoms with E-state index in [0.717, 1.165) is 31.4 Å². The maximum absolute atomic E-state index is 13.0. The average molecular weight is 309 g/mol. The van der Waals surface area contributed by atoms with Crippen molar-refractivity contribution in [3.05, 3.63) is 71.5 Å². The first-order chi connectivity index (χ1) is 11.2. The Hall–Kier alpha value is -2.16. The fourth-order valence-electron chi connectivity index (χ4n) is 3.81. The molecule has 1 heterocycles. The summed E-state index contributed by atoms with van der Waals surface area (Å²) in [6.45, 7) is 0.852. The minimum atomic E-state index is -0.221. The highest BCUT2D eigenvalue weighted by Crippen LogP contribution is 2.50. The van der Waals surface area contributed by atoms with Crippen LogP contribution in [0.5, 0.6) is 0 Å². The number of nitrogens with zero attached hydrogens (tertiary/aromatic N) is 1. The lowest BCUT2D eigenvalue weighted by Crippen LogP contribution is -2.32. The van der Waals surface area contributed by atoms with Crippen LogP contribution in [-0.2, 0) is 4.79 Å². The van der Waals surface area contributed by atoms with Crippen LogP contribution < -0.4 is 0 Å². The Morgan fingerprint density at radius 3 is 2.48 bits per heavy atom. The van der Waals surface area contributed by atoms with Crippen molar-refractivity contribution in [1.82, 2.24) is 4.90 Å². The average Bonchev–Trinajstić information content (AvgIpc) is 3.23. The number of amides is 1. The van der Waals surface area contributed by atoms with E-state index < -0.39 is 0 Å². The van der Waals surface area contributed by atoms with E-state index in [1.54, 1.807) is 0 Å². The van der Waals surface area contributed by atoms with Crippen LogP contribution in [0, 0.1) is 11.7 Å². The van der Waals surface area contributed by atoms with Gasteiger partial charge in [-0.2, -0.15) is 0 Å². The fraction of sp³-hybridized carbons (Fsp3) is 0.350. The Bertz CT molecular complexity index is 697. The molecule has 2 aliphatic rings. The van der Waals surface area contributed by atoms with Gasteiger partial charge in [-0.1, -0.05) is 42.5 Å². The lowest BCUT2D eigenvalue weighted by atomic mass is 10.0. The smallest absolute Gasteiger partial charge is 0.226 e. The molecule has 2 aromatic carbocycles. The molecule has 118 valence electrons. The Labute approximate surface area is 135 Å². The van der Waals surface area contributed by atoms with Gasteiger partial charge in [-0.15, -0.1) is 0 Å². The molecule has 2 fully saturated rings. The normalized spacial score (nSPS) is 26.3. The molecule has 2 nitrogen and oxygen atoms in total. The third-order valence-corrected chi connectivity index (χ3v) is 5.13. The first-order valence-corrected chi connectivity index (χ1v) is 8.35. The largest absolute Gasteiger partial charge is 0.335 e. The molecule has 0 bridgehead atoms. The summed E-state index contributed by atoms with van der Waals surface area (Å²) in [5, 5.41) is 0. The van der Waals surface area contributed by atoms with E-state index >= 15 is 0 Å². The van der Waals surface area contributed by atoms with Gasteiger partial charge in [0.15, 0.2) is 0 Å². The van der Waals surface area contributed by atoms with Gasteiger partial charge in [0.25, 0.3) is 0 Å². The SMILES string of the molecule is O=C([C@@H]1C[C@H]1c1ccc(F)cc1)N1CCC[C@@H]1c1ccccc1. The molecule has 1 aliphatic carbocycles. The summed E-state index contributed by atoms with van der Waals surface area (Å²) in [5.41, 5.74) is 2.32. The molecule has 3 heteroatoms. The topological polar surface area (TPSA) is 20.3 Å². The quantitative estimate of drug-likeness (QED) is 0.828. The number of hydrogen-bond donors (Lipinski definition) is 0. The number of benzene rings is 2. The molecule has 1 saturated carbocycles. The van der Waals surface area contributed by atoms with Gasteiger partial charge < -0.3 is 4.90 Å². The fourth-order valence-corrected chi connectivity index (χ4v) is 3.81. The highest BCUT2D eigenvalue weighted by Gasteiger charge is 2.47. The van der Waals surface area contributed by atoms with Crippen LogP contribution in [0.4, 0.5) is 4.39 Å². The summed E-state index contributed by atoms with van der Waals surface area (Å²) in [4.78, 5) is 15.0. The second-order valence-corrected chi connectivity index (χ2v) is 6.60. The summed E-state index contributed by atoms with van der Waals surface area (Å²) in [6.07, 6.45) is 3.01. The monoisotopic (exact) mass is 309 g/mol. The Balaban J connectivity index is 1.48. The number of halogens is 1. The van der Waals surface area contributed by atoms with E-state index in [9.17, 15) is 9.18 Å². The highest BCUT2D eigenvalue weighted by atomic mass is 19.1. The zero-order chi connectivity index (χ0) is 15.8. The second-order valence-electron chi connectivity index (χ2n) is 6.60. The van der Waals surface area contributed by atoms with Crippen LogP contribution in [0.25, 0.3) is 0 Å². The predicted molar refractivity (Wildman–Crippen MR) is 87.4 cm³/mol. The van der Waals surface area contributed by atoms with E-state index in [-0.39, 0.29) is 29.6 Å². The lowest BCUT2D eigenvalue weighted by molar-refractivity contribution is -0.133. The number of carbonyl (C=O) groups excluding carboxylic acids is 1. The third kappa shape index (κ3) is 2.76. The molecule has 1 aliphatic heterocycles. The minimum Gasteiger partial charge on any atom is -0.335 e. The minimum absolute atomic E-state index is 0.0739. The summed E-state index contributed by atoms with van der Waals surface area (Å²) in [7, 11) is 0. The molecule has 0 N–H and O–H groups in total. The highest BCUT2D eigenvalue weighted by molar-refractivity contribution is 5.83. The van der Waals surface area contributed by atoms with Crippen molar-refractivity contribution >= 4 is 5.91 Å². The lowest BCUT2D eigenvalue weighted by Gasteiger charge is -2.25. The molecular weight excluding hydrogens is 289 g/mol. The standard InChI is InChI=1S/C20H20FNO/c21-16-10-8-14(9-11-16)17-13-18(17)20(23)22-12-4-7-19(22)15-5-2-1-3-6-15/h1-3,5-6,8-11,17-19H,4,7,12-13H2/t17-,18+,19+/m0/s1. The maximum Gasteiger partial charge on any atom is 0.226 e. The summed E-state index contributed by atoms with van der Waals surface area (Å²) >= 11 is 0. The van der Waals surface area contributed by atoms with E-state index in [1.807, 2.05) is 30.3 Å². The molecular formula is C20H20FNO. The van der Waals surface area contributed by atoms with Gasteiger partial charge in [0.05, 0.1) is 6.04 Å². The van der Waals surface area contributed by atoms with Crippen LogP contribution in [0.15, 0.2) is 54.6 Å². The van der Waals surface area contributed by atoms with Gasteiger partial charge in [0.2, 0.25) is 5.91 Å². The Morgan fingerprint density at radius 2 is 1.74 bits per heavy atom. The van der Waals surface area contributed by atoms with Gasteiger partial charge in [0.1, 0.15) is 5.82 Å². The zero-order valence-corrected chi connectivity index (χ0v) is 13.0. The van der Waals surface area contributed by atoms with E-state index in [4.69, 9.17) is 0 Å². The van der Waals surface area contributed by atoms with Crippen LogP contribution in [-0.4, -0.2) is 17.4 Å². The number of carbonyl (C=O) groups is 1. The van der Waals surface area contributed by atoms with Crippen molar-refractivity contribution in [2.75, 3.05) is 6.54 Å². The van der Waals surface area contributed by atoms with Gasteiger partial charge in [-0.25, -0.2) is 4.39 Å². The molecule has 1 saturated heterocycles. The molecule has 4 rings (SSSR count). The Morgan fingerprint density at radius 1 is 1.00 bits per heavy atom. The van der Waals surface area contributed by atoms with Gasteiger partial charge in [0, 0.05) is 12.5 Å². The first kappa shape index (κ1) is 14.4. The van der Waals surface area contributed by atoms with Crippen LogP contribution in [0.2, 0.25) is 0 Å². The van der Waals surface area contributed by atoms with E-state index in [2.05, 4.69) is 17.0 Å². The van der Waals surface area contributed by atoms with Gasteiger partial charge in [-0.3, -0.25) is 4.79 Å². The van der Waals surface area contributed by atoms with E-state index in [0.29, 0.717) is 0 Å². The first-order valence-electron chi connectivity index (χ1n) is 8.35. The van der Waals surface area contributed by atoms with Crippen molar-refractivity contribution in [3.63, 3.8) is 0 Å². The molecule has 0 radical (unpaired) electrons. The van der Waals surface area contributed by atoms with Crippen LogP contribution >= 0.6 is 0 Å². The number of hydrogen-bond acceptors (Lipinski definition) is 1. The second kappa shape index (κ2) is 5.80. The van der Waals surface area contributed by atoms with Crippen molar-refractivity contribution in [2.45, 2.75) is 31.2 Å². The van der Waals surface area contributed by atoms with Crippen LogP contribution in [0.3, 0.4) is 0 Å². The van der Waals surface area contributed by atoms with Gasteiger partial charge in [-0.05, 0) is 48.4 Å². The zero-order valence-electron chi connectivity index (χ0n) is 13.0. The summed E-state index contributed by atoms with van der Waals surface area (Å²) in [5.74, 6) is 0.386. The van der Waals surface area contributed by atoms with Gasteiger partial charge >= 0.3 is 0 Å². The Kier molecular flexibility index (Phi) is 3.64. The molecule has 0 spiro atoms. The number of likely N-dealkylation sites (tertiary alicyclic amines) is 1. The van der Waals surface area contributed by atoms with E-state index in [1.165, 1.54) is 17.7 Å². The predicted octanol–water partition coefficient (Wildman–Crippen LogP) is 4.29. The summed E-state index contributed by atoms with van der Waals surface area (Å²) < 4.78 is 13.0. The van der Waals surface area contributed by atoms with Crippen molar-refractivity contribution in [2.24, 2.45) is 5.92 Å². The van der Waals surface area contributed by atoms with Crippen molar-refractivity contribution in [3.8, 4) is 0 Å². The van der Waals surface area contributed by atoms with Crippen molar-refractivity contribution < 1.29 is 9.18 Å². The third-order valence-electron chi connectivity index (χ3n) is 5.13. The molecule has 3 atom stereocenters. The number of rotatable bonds is 3. The maximum atomic E-state index is 13.0. The van der Waals surface area contributed by atoms with Crippen LogP contribution in [0.1, 0.15) is 42.3 Å².